The smallest absolute Gasteiger partial charge is 0.238 e. The lowest BCUT2D eigenvalue weighted by molar-refractivity contribution is -0.0728. The molecule has 0 saturated carbocycles. The quantitative estimate of drug-likeness (QED) is 0.827. The van der Waals surface area contributed by atoms with Crippen molar-refractivity contribution < 1.29 is 9.47 Å². The Balaban J connectivity index is 2.07. The molecule has 4 nitrogen and oxygen atoms in total. The highest BCUT2D eigenvalue weighted by molar-refractivity contribution is 6.29. The van der Waals surface area contributed by atoms with E-state index in [1.807, 2.05) is 13.8 Å². The van der Waals surface area contributed by atoms with Gasteiger partial charge in [0.05, 0.1) is 17.9 Å². The Morgan fingerprint density at radius 3 is 2.65 bits per heavy atom. The standard InChI is InChI=1S/C12H17ClN2O2/c1-7-5-9(6-8(2)16-7)17-12-10(14)3-4-11(13)15-12/h3-4,7-9H,5-6,14H2,1-2H3. The van der Waals surface area contributed by atoms with Crippen LogP contribution in [0, 0.1) is 0 Å². The summed E-state index contributed by atoms with van der Waals surface area (Å²) in [7, 11) is 0. The van der Waals surface area contributed by atoms with Gasteiger partial charge in [-0.3, -0.25) is 0 Å². The van der Waals surface area contributed by atoms with Crippen LogP contribution >= 0.6 is 11.6 Å². The molecule has 0 bridgehead atoms. The van der Waals surface area contributed by atoms with Gasteiger partial charge < -0.3 is 15.2 Å². The average Bonchev–Trinajstić information content (AvgIpc) is 2.22. The Hall–Kier alpha value is -1.00. The van der Waals surface area contributed by atoms with Gasteiger partial charge in [-0.1, -0.05) is 11.6 Å². The number of pyridine rings is 1. The topological polar surface area (TPSA) is 57.4 Å². The highest BCUT2D eigenvalue weighted by Gasteiger charge is 2.26. The van der Waals surface area contributed by atoms with Crippen LogP contribution in [0.4, 0.5) is 5.69 Å². The maximum absolute atomic E-state index is 5.82. The molecule has 0 aliphatic carbocycles. The summed E-state index contributed by atoms with van der Waals surface area (Å²) in [5.74, 6) is 0.420. The van der Waals surface area contributed by atoms with Crippen molar-refractivity contribution in [1.29, 1.82) is 0 Å². The summed E-state index contributed by atoms with van der Waals surface area (Å²) in [4.78, 5) is 4.09. The minimum atomic E-state index is 0.0852. The summed E-state index contributed by atoms with van der Waals surface area (Å²) >= 11 is 5.82. The molecular weight excluding hydrogens is 240 g/mol. The summed E-state index contributed by atoms with van der Waals surface area (Å²) in [5, 5.41) is 0.391. The van der Waals surface area contributed by atoms with Gasteiger partial charge in [-0.2, -0.15) is 4.98 Å². The summed E-state index contributed by atoms with van der Waals surface area (Å²) in [5.41, 5.74) is 6.31. The van der Waals surface area contributed by atoms with Crippen LogP contribution < -0.4 is 10.5 Å². The number of ether oxygens (including phenoxy) is 2. The number of hydrogen-bond donors (Lipinski definition) is 1. The molecule has 2 unspecified atom stereocenters. The van der Waals surface area contributed by atoms with Crippen molar-refractivity contribution in [3.8, 4) is 5.88 Å². The number of nitrogen functional groups attached to an aromatic ring is 1. The predicted octanol–water partition coefficient (Wildman–Crippen LogP) is 2.65. The van der Waals surface area contributed by atoms with Crippen LogP contribution in [-0.4, -0.2) is 23.3 Å². The Morgan fingerprint density at radius 1 is 1.35 bits per heavy atom. The lowest BCUT2D eigenvalue weighted by Gasteiger charge is -2.32. The van der Waals surface area contributed by atoms with Crippen LogP contribution in [-0.2, 0) is 4.74 Å². The van der Waals surface area contributed by atoms with E-state index in [1.165, 1.54) is 0 Å². The van der Waals surface area contributed by atoms with Gasteiger partial charge in [-0.25, -0.2) is 0 Å². The molecule has 1 aliphatic rings. The van der Waals surface area contributed by atoms with Gasteiger partial charge in [0.15, 0.2) is 0 Å². The largest absolute Gasteiger partial charge is 0.473 e. The summed E-state index contributed by atoms with van der Waals surface area (Å²) in [6, 6.07) is 3.36. The van der Waals surface area contributed by atoms with Gasteiger partial charge in [-0.05, 0) is 26.0 Å². The number of halogens is 1. The van der Waals surface area contributed by atoms with Gasteiger partial charge in [0.2, 0.25) is 5.88 Å². The Morgan fingerprint density at radius 2 is 2.00 bits per heavy atom. The molecular formula is C12H17ClN2O2. The fraction of sp³-hybridized carbons (Fsp3) is 0.583. The van der Waals surface area contributed by atoms with E-state index in [1.54, 1.807) is 12.1 Å². The molecule has 0 aromatic carbocycles. The second kappa shape index (κ2) is 5.10. The molecule has 2 N–H and O–H groups in total. The third-order valence-corrected chi connectivity index (χ3v) is 3.00. The lowest BCUT2D eigenvalue weighted by atomic mass is 10.0. The fourth-order valence-corrected chi connectivity index (χ4v) is 2.26. The van der Waals surface area contributed by atoms with Crippen molar-refractivity contribution in [3.05, 3.63) is 17.3 Å². The second-order valence-corrected chi connectivity index (χ2v) is 4.88. The second-order valence-electron chi connectivity index (χ2n) is 4.50. The van der Waals surface area contributed by atoms with Gasteiger partial charge in [0.1, 0.15) is 11.3 Å². The van der Waals surface area contributed by atoms with Crippen LogP contribution in [0.3, 0.4) is 0 Å². The minimum absolute atomic E-state index is 0.0852. The molecule has 1 aromatic heterocycles. The maximum Gasteiger partial charge on any atom is 0.238 e. The molecule has 2 rings (SSSR count). The summed E-state index contributed by atoms with van der Waals surface area (Å²) in [6.07, 6.45) is 2.17. The summed E-state index contributed by atoms with van der Waals surface area (Å²) in [6.45, 7) is 4.08. The normalized spacial score (nSPS) is 29.0. The van der Waals surface area contributed by atoms with E-state index in [0.717, 1.165) is 12.8 Å². The van der Waals surface area contributed by atoms with E-state index in [2.05, 4.69) is 4.98 Å². The van der Waals surface area contributed by atoms with Crippen molar-refractivity contribution in [2.75, 3.05) is 5.73 Å². The maximum atomic E-state index is 5.82. The summed E-state index contributed by atoms with van der Waals surface area (Å²) < 4.78 is 11.5. The van der Waals surface area contributed by atoms with Crippen LogP contribution in [0.5, 0.6) is 5.88 Å². The Labute approximate surface area is 106 Å². The van der Waals surface area contributed by atoms with E-state index < -0.39 is 0 Å². The molecule has 1 saturated heterocycles. The van der Waals surface area contributed by atoms with Gasteiger partial charge in [-0.15, -0.1) is 0 Å². The zero-order valence-corrected chi connectivity index (χ0v) is 10.8. The molecule has 2 heterocycles. The van der Waals surface area contributed by atoms with E-state index in [4.69, 9.17) is 26.8 Å². The number of nitrogens with zero attached hydrogens (tertiary/aromatic N) is 1. The molecule has 2 atom stereocenters. The third kappa shape index (κ3) is 3.23. The first kappa shape index (κ1) is 12.5. The highest BCUT2D eigenvalue weighted by Crippen LogP contribution is 2.27. The van der Waals surface area contributed by atoms with Crippen LogP contribution in [0.1, 0.15) is 26.7 Å². The molecule has 17 heavy (non-hydrogen) atoms. The molecule has 5 heteroatoms. The zero-order valence-electron chi connectivity index (χ0n) is 10.0. The first-order chi connectivity index (χ1) is 8.04. The SMILES string of the molecule is CC1CC(Oc2nc(Cl)ccc2N)CC(C)O1. The zero-order chi connectivity index (χ0) is 12.4. The Bertz CT molecular complexity index is 390. The minimum Gasteiger partial charge on any atom is -0.473 e. The van der Waals surface area contributed by atoms with Crippen molar-refractivity contribution in [2.45, 2.75) is 45.0 Å². The molecule has 94 valence electrons. The first-order valence-corrected chi connectivity index (χ1v) is 6.16. The Kier molecular flexibility index (Phi) is 3.74. The molecule has 0 radical (unpaired) electrons. The predicted molar refractivity (Wildman–Crippen MR) is 67.3 cm³/mol. The van der Waals surface area contributed by atoms with Crippen molar-refractivity contribution in [2.24, 2.45) is 0 Å². The van der Waals surface area contributed by atoms with Gasteiger partial charge in [0, 0.05) is 12.8 Å². The van der Waals surface area contributed by atoms with Gasteiger partial charge >= 0.3 is 0 Å². The number of hydrogen-bond acceptors (Lipinski definition) is 4. The third-order valence-electron chi connectivity index (χ3n) is 2.79. The monoisotopic (exact) mass is 256 g/mol. The number of nitrogens with two attached hydrogens (primary N) is 1. The van der Waals surface area contributed by atoms with E-state index in [-0.39, 0.29) is 18.3 Å². The van der Waals surface area contributed by atoms with Crippen molar-refractivity contribution >= 4 is 17.3 Å². The molecule has 1 aliphatic heterocycles. The van der Waals surface area contributed by atoms with E-state index >= 15 is 0 Å². The fourth-order valence-electron chi connectivity index (χ4n) is 2.12. The van der Waals surface area contributed by atoms with Gasteiger partial charge in [0.25, 0.3) is 0 Å². The van der Waals surface area contributed by atoms with Crippen LogP contribution in [0.2, 0.25) is 5.15 Å². The molecule has 1 aromatic rings. The molecule has 1 fully saturated rings. The highest BCUT2D eigenvalue weighted by atomic mass is 35.5. The molecule has 0 amide bonds. The number of rotatable bonds is 2. The average molecular weight is 257 g/mol. The van der Waals surface area contributed by atoms with E-state index in [0.29, 0.717) is 16.7 Å². The first-order valence-electron chi connectivity index (χ1n) is 5.78. The number of anilines is 1. The van der Waals surface area contributed by atoms with Crippen molar-refractivity contribution in [1.82, 2.24) is 4.98 Å². The van der Waals surface area contributed by atoms with Crippen LogP contribution in [0.15, 0.2) is 12.1 Å². The lowest BCUT2D eigenvalue weighted by Crippen LogP contribution is -2.36. The number of aromatic nitrogens is 1. The van der Waals surface area contributed by atoms with E-state index in [9.17, 15) is 0 Å². The van der Waals surface area contributed by atoms with Crippen LogP contribution in [0.25, 0.3) is 0 Å². The molecule has 0 spiro atoms. The van der Waals surface area contributed by atoms with Crippen molar-refractivity contribution in [3.63, 3.8) is 0 Å².